The Morgan fingerprint density at radius 1 is 1.33 bits per heavy atom. The molecule has 5 heteroatoms. The molecule has 1 heterocycles. The molecule has 0 spiro atoms. The van der Waals surface area contributed by atoms with E-state index in [0.717, 1.165) is 32.4 Å². The Bertz CT molecular complexity index is 610. The number of aromatic nitrogens is 2. The van der Waals surface area contributed by atoms with E-state index in [-0.39, 0.29) is 0 Å². The maximum absolute atomic E-state index is 11.2. The van der Waals surface area contributed by atoms with Crippen LogP contribution in [0.5, 0.6) is 0 Å². The second-order valence-electron chi connectivity index (χ2n) is 5.49. The minimum atomic E-state index is -0.473. The van der Waals surface area contributed by atoms with Crippen LogP contribution < -0.4 is 11.1 Å². The van der Waals surface area contributed by atoms with Crippen molar-refractivity contribution < 1.29 is 4.79 Å². The number of carbonyl (C=O) groups excluding carboxylic acids is 1. The van der Waals surface area contributed by atoms with Crippen molar-refractivity contribution in [3.63, 3.8) is 0 Å². The normalized spacial score (nSPS) is 14.3. The smallest absolute Gasteiger partial charge is 0.284 e. The predicted molar refractivity (Wildman–Crippen MR) is 81.0 cm³/mol. The summed E-state index contributed by atoms with van der Waals surface area (Å²) in [6, 6.07) is 9.15. The number of carbonyl (C=O) groups is 1. The van der Waals surface area contributed by atoms with Crippen molar-refractivity contribution in [3.05, 3.63) is 53.6 Å². The highest BCUT2D eigenvalue weighted by molar-refractivity contribution is 5.89. The molecule has 1 amide bonds. The quantitative estimate of drug-likeness (QED) is 0.781. The zero-order valence-electron chi connectivity index (χ0n) is 12.0. The molecule has 0 unspecified atom stereocenters. The molecule has 5 nitrogen and oxygen atoms in total. The third-order valence-electron chi connectivity index (χ3n) is 4.00. The van der Waals surface area contributed by atoms with E-state index in [2.05, 4.69) is 34.6 Å². The van der Waals surface area contributed by atoms with Gasteiger partial charge >= 0.3 is 0 Å². The van der Waals surface area contributed by atoms with Gasteiger partial charge in [-0.1, -0.05) is 24.3 Å². The third kappa shape index (κ3) is 3.13. The molecule has 0 fully saturated rings. The maximum Gasteiger partial charge on any atom is 0.284 e. The number of hydrogen-bond donors (Lipinski definition) is 2. The molecule has 0 atom stereocenters. The first-order chi connectivity index (χ1) is 10.2. The fourth-order valence-electron chi connectivity index (χ4n) is 2.97. The molecule has 0 saturated heterocycles. The van der Waals surface area contributed by atoms with Crippen LogP contribution in [0.3, 0.4) is 0 Å². The molecule has 110 valence electrons. The van der Waals surface area contributed by atoms with Gasteiger partial charge in [0.05, 0.1) is 0 Å². The van der Waals surface area contributed by atoms with Crippen LogP contribution in [0.2, 0.25) is 0 Å². The topological polar surface area (TPSA) is 72.9 Å². The molecule has 1 aliphatic carbocycles. The van der Waals surface area contributed by atoms with Crippen LogP contribution in [-0.4, -0.2) is 28.0 Å². The van der Waals surface area contributed by atoms with Gasteiger partial charge in [-0.3, -0.25) is 4.79 Å². The van der Waals surface area contributed by atoms with Gasteiger partial charge < -0.3 is 15.6 Å². The van der Waals surface area contributed by atoms with E-state index in [1.807, 2.05) is 4.57 Å². The van der Waals surface area contributed by atoms with Gasteiger partial charge in [-0.05, 0) is 36.9 Å². The number of amides is 1. The van der Waals surface area contributed by atoms with Gasteiger partial charge in [0.15, 0.2) is 5.82 Å². The Balaban J connectivity index is 1.44. The summed E-state index contributed by atoms with van der Waals surface area (Å²) in [4.78, 5) is 15.1. The summed E-state index contributed by atoms with van der Waals surface area (Å²) in [6.07, 6.45) is 6.57. The van der Waals surface area contributed by atoms with E-state index in [1.165, 1.54) is 11.1 Å². The second kappa shape index (κ2) is 6.10. The van der Waals surface area contributed by atoms with E-state index < -0.39 is 5.91 Å². The number of imidazole rings is 1. The SMILES string of the molecule is NC(=O)c1nccn1CCCNC1Cc2ccccc2C1. The fourth-order valence-corrected chi connectivity index (χ4v) is 2.97. The zero-order valence-corrected chi connectivity index (χ0v) is 12.0. The Kier molecular flexibility index (Phi) is 4.01. The van der Waals surface area contributed by atoms with Crippen LogP contribution in [0.1, 0.15) is 28.2 Å². The molecule has 0 aliphatic heterocycles. The van der Waals surface area contributed by atoms with Crippen molar-refractivity contribution in [1.29, 1.82) is 0 Å². The summed E-state index contributed by atoms with van der Waals surface area (Å²) in [6.45, 7) is 1.68. The average Bonchev–Trinajstić information content (AvgIpc) is 3.09. The first-order valence-electron chi connectivity index (χ1n) is 7.35. The molecule has 21 heavy (non-hydrogen) atoms. The molecule has 1 aromatic heterocycles. The molecular weight excluding hydrogens is 264 g/mol. The monoisotopic (exact) mass is 284 g/mol. The van der Waals surface area contributed by atoms with Gasteiger partial charge in [0, 0.05) is 25.0 Å². The summed E-state index contributed by atoms with van der Waals surface area (Å²) in [5, 5.41) is 3.59. The minimum Gasteiger partial charge on any atom is -0.363 e. The highest BCUT2D eigenvalue weighted by atomic mass is 16.1. The summed E-state index contributed by atoms with van der Waals surface area (Å²) in [5.74, 6) is -0.137. The highest BCUT2D eigenvalue weighted by Crippen LogP contribution is 2.21. The largest absolute Gasteiger partial charge is 0.363 e. The lowest BCUT2D eigenvalue weighted by atomic mass is 10.1. The Morgan fingerprint density at radius 3 is 2.71 bits per heavy atom. The molecular formula is C16H20N4O. The number of nitrogens with one attached hydrogen (secondary N) is 1. The Hall–Kier alpha value is -2.14. The number of rotatable bonds is 6. The molecule has 2 aromatic rings. The lowest BCUT2D eigenvalue weighted by Crippen LogP contribution is -2.31. The lowest BCUT2D eigenvalue weighted by Gasteiger charge is -2.12. The Labute approximate surface area is 124 Å². The molecule has 0 bridgehead atoms. The van der Waals surface area contributed by atoms with Gasteiger partial charge in [-0.15, -0.1) is 0 Å². The number of fused-ring (bicyclic) bond motifs is 1. The number of hydrogen-bond acceptors (Lipinski definition) is 3. The molecule has 3 N–H and O–H groups in total. The van der Waals surface area contributed by atoms with Crippen LogP contribution in [-0.2, 0) is 19.4 Å². The first-order valence-corrected chi connectivity index (χ1v) is 7.35. The highest BCUT2D eigenvalue weighted by Gasteiger charge is 2.19. The zero-order chi connectivity index (χ0) is 14.7. The predicted octanol–water partition coefficient (Wildman–Crippen LogP) is 1.13. The summed E-state index contributed by atoms with van der Waals surface area (Å²) >= 11 is 0. The van der Waals surface area contributed by atoms with E-state index in [0.29, 0.717) is 11.9 Å². The van der Waals surface area contributed by atoms with Gasteiger partial charge in [0.2, 0.25) is 0 Å². The van der Waals surface area contributed by atoms with Crippen LogP contribution in [0.25, 0.3) is 0 Å². The van der Waals surface area contributed by atoms with Gasteiger partial charge in [-0.2, -0.15) is 0 Å². The van der Waals surface area contributed by atoms with Crippen molar-refractivity contribution in [2.24, 2.45) is 5.73 Å². The van der Waals surface area contributed by atoms with Gasteiger partial charge in [-0.25, -0.2) is 4.98 Å². The third-order valence-corrected chi connectivity index (χ3v) is 4.00. The molecule has 3 rings (SSSR count). The maximum atomic E-state index is 11.2. The Morgan fingerprint density at radius 2 is 2.05 bits per heavy atom. The summed E-state index contributed by atoms with van der Waals surface area (Å²) in [5.41, 5.74) is 8.19. The van der Waals surface area contributed by atoms with Crippen molar-refractivity contribution in [2.75, 3.05) is 6.54 Å². The standard InChI is InChI=1S/C16H20N4O/c17-15(21)16-19-7-9-20(16)8-3-6-18-14-10-12-4-1-2-5-13(12)11-14/h1-2,4-5,7,9,14,18H,3,6,8,10-11H2,(H2,17,21). The lowest BCUT2D eigenvalue weighted by molar-refractivity contribution is 0.0986. The first kappa shape index (κ1) is 13.8. The van der Waals surface area contributed by atoms with E-state index >= 15 is 0 Å². The van der Waals surface area contributed by atoms with E-state index in [9.17, 15) is 4.79 Å². The number of primary amides is 1. The average molecular weight is 284 g/mol. The van der Waals surface area contributed by atoms with E-state index in [1.54, 1.807) is 12.4 Å². The van der Waals surface area contributed by atoms with Crippen LogP contribution in [0, 0.1) is 0 Å². The van der Waals surface area contributed by atoms with E-state index in [4.69, 9.17) is 5.73 Å². The van der Waals surface area contributed by atoms with Crippen LogP contribution >= 0.6 is 0 Å². The van der Waals surface area contributed by atoms with Gasteiger partial charge in [0.25, 0.3) is 5.91 Å². The molecule has 0 saturated carbocycles. The van der Waals surface area contributed by atoms with Crippen LogP contribution in [0.4, 0.5) is 0 Å². The summed E-state index contributed by atoms with van der Waals surface area (Å²) in [7, 11) is 0. The van der Waals surface area contributed by atoms with Crippen molar-refractivity contribution in [2.45, 2.75) is 31.8 Å². The van der Waals surface area contributed by atoms with Crippen molar-refractivity contribution in [1.82, 2.24) is 14.9 Å². The number of nitrogens with two attached hydrogens (primary N) is 1. The number of benzene rings is 1. The van der Waals surface area contributed by atoms with Gasteiger partial charge in [0.1, 0.15) is 0 Å². The number of aryl methyl sites for hydroxylation is 1. The molecule has 1 aliphatic rings. The van der Waals surface area contributed by atoms with Crippen LogP contribution in [0.15, 0.2) is 36.7 Å². The van der Waals surface area contributed by atoms with Crippen molar-refractivity contribution >= 4 is 5.91 Å². The fraction of sp³-hybridized carbons (Fsp3) is 0.375. The van der Waals surface area contributed by atoms with Crippen molar-refractivity contribution in [3.8, 4) is 0 Å². The molecule has 1 aromatic carbocycles. The summed E-state index contributed by atoms with van der Waals surface area (Å²) < 4.78 is 1.81. The second-order valence-corrected chi connectivity index (χ2v) is 5.49. The molecule has 0 radical (unpaired) electrons. The number of nitrogens with zero attached hydrogens (tertiary/aromatic N) is 2. The minimum absolute atomic E-state index is 0.336.